The third-order valence-electron chi connectivity index (χ3n) is 8.29. The average Bonchev–Trinajstić information content (AvgIpc) is 3.41. The summed E-state index contributed by atoms with van der Waals surface area (Å²) in [5.74, 6) is -5.90. The molecule has 0 bridgehead atoms. The Labute approximate surface area is 313 Å². The number of carbonyl (C=O) groups excluding carboxylic acids is 1. The van der Waals surface area contributed by atoms with E-state index in [2.05, 4.69) is 41.9 Å². The van der Waals surface area contributed by atoms with Crippen molar-refractivity contribution in [2.45, 2.75) is 63.0 Å². The molecule has 1 atom stereocenters. The maximum atomic E-state index is 15.0. The molecular formula is C36H34F8N8O2S. The van der Waals surface area contributed by atoms with Gasteiger partial charge in [-0.05, 0) is 50.0 Å². The molecule has 55 heavy (non-hydrogen) atoms. The minimum Gasteiger partial charge on any atom is -0.397 e. The highest BCUT2D eigenvalue weighted by Crippen LogP contribution is 2.45. The zero-order valence-corrected chi connectivity index (χ0v) is 30.4. The number of hydrogen-bond acceptors (Lipinski definition) is 9. The van der Waals surface area contributed by atoms with Gasteiger partial charge in [-0.3, -0.25) is 14.5 Å². The molecule has 1 aliphatic rings. The number of alkyl halides is 6. The Morgan fingerprint density at radius 2 is 1.78 bits per heavy atom. The predicted molar refractivity (Wildman–Crippen MR) is 192 cm³/mol. The van der Waals surface area contributed by atoms with E-state index in [0.29, 0.717) is 28.4 Å². The molecule has 1 unspecified atom stereocenters. The number of para-hydroxylation sites is 1. The molecule has 5 N–H and O–H groups in total. The van der Waals surface area contributed by atoms with Gasteiger partial charge in [-0.25, -0.2) is 36.3 Å². The van der Waals surface area contributed by atoms with Gasteiger partial charge in [0.15, 0.2) is 5.82 Å². The van der Waals surface area contributed by atoms with Gasteiger partial charge >= 0.3 is 0 Å². The molecule has 0 saturated heterocycles. The van der Waals surface area contributed by atoms with Gasteiger partial charge in [0.2, 0.25) is 11.7 Å². The van der Waals surface area contributed by atoms with Crippen molar-refractivity contribution < 1.29 is 45.0 Å². The number of aryl methyl sites for hydroxylation is 1. The van der Waals surface area contributed by atoms with Gasteiger partial charge in [-0.15, -0.1) is 0 Å². The molecular weight excluding hydrogens is 761 g/mol. The maximum Gasteiger partial charge on any atom is 0.290 e. The second-order valence-corrected chi connectivity index (χ2v) is 13.7. The number of aliphatic imine (C=N–C) groups is 1. The van der Waals surface area contributed by atoms with Crippen LogP contribution in [0.3, 0.4) is 0 Å². The molecule has 0 radical (unpaired) electrons. The third-order valence-corrected chi connectivity index (χ3v) is 8.68. The van der Waals surface area contributed by atoms with Crippen molar-refractivity contribution >= 4 is 40.3 Å². The number of benzene rings is 2. The summed E-state index contributed by atoms with van der Waals surface area (Å²) in [6.45, 7) is 1.54. The van der Waals surface area contributed by atoms with E-state index in [-0.39, 0.29) is 22.6 Å². The Morgan fingerprint density at radius 3 is 2.42 bits per heavy atom. The summed E-state index contributed by atoms with van der Waals surface area (Å²) >= 11 is 1.29. The molecule has 4 aromatic rings. The first-order valence-electron chi connectivity index (χ1n) is 16.4. The van der Waals surface area contributed by atoms with Gasteiger partial charge in [0.05, 0.1) is 28.5 Å². The number of amides is 1. The number of carbonyl (C=O) groups is 1. The fourth-order valence-corrected chi connectivity index (χ4v) is 6.34. The molecule has 292 valence electrons. The van der Waals surface area contributed by atoms with Gasteiger partial charge in [0.1, 0.15) is 29.5 Å². The number of allylic oxidation sites excluding steroid dienone is 2. The van der Waals surface area contributed by atoms with E-state index < -0.39 is 90.2 Å². The van der Waals surface area contributed by atoms with Crippen LogP contribution in [0, 0.1) is 23.5 Å². The van der Waals surface area contributed by atoms with E-state index in [0.717, 1.165) is 12.1 Å². The van der Waals surface area contributed by atoms with E-state index >= 15 is 8.78 Å². The predicted octanol–water partition coefficient (Wildman–Crippen LogP) is 6.50. The third kappa shape index (κ3) is 9.36. The Bertz CT molecular complexity index is 2220. The number of hydrogen-bond donors (Lipinski definition) is 4. The standard InChI is InChI=1S/C36H34F8N8O2S/c1-34(2,54)9-8-25-46-16-23(21-6-5-7-22-30(21)52(3)50-33(22)51-55-4)29(49-25)24(14-18-12-19(37)15-20(38)13-18)48-26(53)17-47-31-27(28(45)32(39)40)35(41,42)10-11-36(31,43)44/h5-7,12-13,15-16,24,32,54H,10-11,14,17,45H2,1-4H3,(H,48,53)(H,50,51). The lowest BCUT2D eigenvalue weighted by molar-refractivity contribution is -0.120. The van der Waals surface area contributed by atoms with Crippen LogP contribution in [0.5, 0.6) is 0 Å². The van der Waals surface area contributed by atoms with Crippen molar-refractivity contribution in [1.29, 1.82) is 0 Å². The Hall–Kier alpha value is -5.22. The van der Waals surface area contributed by atoms with E-state index in [9.17, 15) is 36.2 Å². The highest BCUT2D eigenvalue weighted by molar-refractivity contribution is 7.99. The smallest absolute Gasteiger partial charge is 0.290 e. The summed E-state index contributed by atoms with van der Waals surface area (Å²) in [6.07, 6.45) is -3.92. The van der Waals surface area contributed by atoms with Crippen molar-refractivity contribution in [3.63, 3.8) is 0 Å². The summed E-state index contributed by atoms with van der Waals surface area (Å²) in [4.78, 5) is 25.9. The van der Waals surface area contributed by atoms with Crippen molar-refractivity contribution in [3.05, 3.63) is 82.6 Å². The fraction of sp³-hybridized carbons (Fsp3) is 0.361. The number of nitrogens with two attached hydrogens (primary N) is 1. The lowest BCUT2D eigenvalue weighted by atomic mass is 9.84. The van der Waals surface area contributed by atoms with Crippen molar-refractivity contribution in [2.24, 2.45) is 17.8 Å². The number of aliphatic hydroxyl groups is 1. The number of fused-ring (bicyclic) bond motifs is 1. The van der Waals surface area contributed by atoms with Crippen LogP contribution in [0.25, 0.3) is 22.0 Å². The summed E-state index contributed by atoms with van der Waals surface area (Å²) in [5.41, 5.74) is -0.468. The Morgan fingerprint density at radius 1 is 1.11 bits per heavy atom. The number of aromatic nitrogens is 4. The number of nitrogens with zero attached hydrogens (tertiary/aromatic N) is 5. The average molecular weight is 795 g/mol. The molecule has 0 aliphatic heterocycles. The Kier molecular flexibility index (Phi) is 11.8. The first-order valence-corrected chi connectivity index (χ1v) is 17.6. The van der Waals surface area contributed by atoms with Gasteiger partial charge in [-0.2, -0.15) is 13.9 Å². The van der Waals surface area contributed by atoms with Gasteiger partial charge in [-0.1, -0.05) is 30.0 Å². The van der Waals surface area contributed by atoms with Crippen LogP contribution >= 0.6 is 11.9 Å². The second-order valence-electron chi connectivity index (χ2n) is 13.1. The van der Waals surface area contributed by atoms with Crippen LogP contribution in [-0.4, -0.2) is 73.1 Å². The van der Waals surface area contributed by atoms with Crippen LogP contribution in [0.15, 0.2) is 58.9 Å². The summed E-state index contributed by atoms with van der Waals surface area (Å²) in [6, 6.07) is 6.39. The molecule has 2 aromatic heterocycles. The molecule has 2 aromatic carbocycles. The van der Waals surface area contributed by atoms with Crippen LogP contribution in [0.1, 0.15) is 49.8 Å². The second kappa shape index (κ2) is 15.9. The lowest BCUT2D eigenvalue weighted by Gasteiger charge is -2.33. The number of halogens is 8. The fourth-order valence-electron chi connectivity index (χ4n) is 6.00. The quantitative estimate of drug-likeness (QED) is 0.0810. The van der Waals surface area contributed by atoms with Gasteiger partial charge < -0.3 is 20.9 Å². The maximum absolute atomic E-state index is 15.0. The summed E-state index contributed by atoms with van der Waals surface area (Å²) in [7, 11) is 1.67. The SMILES string of the molecule is CSNc1nn(C)c2c(-c3cnc(C#CC(C)(C)O)nc3C(Cc3cc(F)cc(F)c3)NC(=O)CN=C3C(=C(N)C(F)F)C(F)(F)CCC3(F)F)cccc12. The van der Waals surface area contributed by atoms with Gasteiger partial charge in [0.25, 0.3) is 18.3 Å². The molecule has 1 saturated carbocycles. The topological polar surface area (TPSA) is 143 Å². The monoisotopic (exact) mass is 794 g/mol. The number of nitrogens with one attached hydrogen (secondary N) is 2. The largest absolute Gasteiger partial charge is 0.397 e. The molecule has 1 amide bonds. The van der Waals surface area contributed by atoms with Crippen molar-refractivity contribution in [1.82, 2.24) is 25.1 Å². The number of anilines is 1. The number of rotatable bonds is 10. The van der Waals surface area contributed by atoms with E-state index in [1.54, 1.807) is 36.2 Å². The van der Waals surface area contributed by atoms with E-state index in [4.69, 9.17) is 5.73 Å². The molecule has 1 aliphatic carbocycles. The van der Waals surface area contributed by atoms with Crippen LogP contribution in [0.2, 0.25) is 0 Å². The molecule has 10 nitrogen and oxygen atoms in total. The van der Waals surface area contributed by atoms with E-state index in [1.165, 1.54) is 32.0 Å². The highest BCUT2D eigenvalue weighted by atomic mass is 32.2. The van der Waals surface area contributed by atoms with E-state index in [1.807, 2.05) is 0 Å². The molecule has 2 heterocycles. The first kappa shape index (κ1) is 41.0. The van der Waals surface area contributed by atoms with Crippen molar-refractivity contribution in [2.75, 3.05) is 17.5 Å². The first-order chi connectivity index (χ1) is 25.7. The van der Waals surface area contributed by atoms with Crippen LogP contribution in [-0.2, 0) is 18.3 Å². The highest BCUT2D eigenvalue weighted by Gasteiger charge is 2.55. The molecule has 0 spiro atoms. The molecule has 19 heteroatoms. The normalized spacial score (nSPS) is 17.5. The summed E-state index contributed by atoms with van der Waals surface area (Å²) in [5, 5.41) is 17.9. The zero-order chi connectivity index (χ0) is 40.5. The zero-order valence-electron chi connectivity index (χ0n) is 29.6. The summed E-state index contributed by atoms with van der Waals surface area (Å²) < 4.78 is 120. The molecule has 5 rings (SSSR count). The van der Waals surface area contributed by atoms with Crippen LogP contribution in [0.4, 0.5) is 40.9 Å². The Balaban J connectivity index is 1.68. The minimum atomic E-state index is -4.20. The molecule has 1 fully saturated rings. The minimum absolute atomic E-state index is 0.00128. The van der Waals surface area contributed by atoms with Crippen molar-refractivity contribution in [3.8, 4) is 23.0 Å². The van der Waals surface area contributed by atoms with Crippen LogP contribution < -0.4 is 15.8 Å². The lowest BCUT2D eigenvalue weighted by Crippen LogP contribution is -2.46. The van der Waals surface area contributed by atoms with Gasteiger partial charge in [0, 0.05) is 54.9 Å².